The highest BCUT2D eigenvalue weighted by molar-refractivity contribution is 7.92. The predicted octanol–water partition coefficient (Wildman–Crippen LogP) is 2.37. The first-order valence-corrected chi connectivity index (χ1v) is 10.5. The number of hydrogen-bond acceptors (Lipinski definition) is 2. The van der Waals surface area contributed by atoms with Crippen LogP contribution in [-0.2, 0) is 10.0 Å². The molecule has 7 heteroatoms. The van der Waals surface area contributed by atoms with E-state index in [0.29, 0.717) is 0 Å². The van der Waals surface area contributed by atoms with E-state index in [1.54, 1.807) is 4.31 Å². The van der Waals surface area contributed by atoms with Crippen LogP contribution in [0.3, 0.4) is 0 Å². The molecule has 0 radical (unpaired) electrons. The molecule has 138 valence electrons. The van der Waals surface area contributed by atoms with Gasteiger partial charge < -0.3 is 4.90 Å². The molecule has 0 saturated carbocycles. The molecule has 1 saturated heterocycles. The van der Waals surface area contributed by atoms with Crippen LogP contribution >= 0.6 is 11.6 Å². The molecule has 0 spiro atoms. The molecule has 1 unspecified atom stereocenters. The fourth-order valence-corrected chi connectivity index (χ4v) is 6.23. The van der Waals surface area contributed by atoms with Gasteiger partial charge in [-0.05, 0) is 36.8 Å². The number of rotatable bonds is 2. The average Bonchev–Trinajstić information content (AvgIpc) is 2.91. The smallest absolute Gasteiger partial charge is 0.264 e. The molecular formula is C19H21ClFN2O2S+. The number of anilines is 1. The van der Waals surface area contributed by atoms with Crippen molar-refractivity contribution in [3.63, 3.8) is 0 Å². The Kier molecular flexibility index (Phi) is 4.25. The highest BCUT2D eigenvalue weighted by Crippen LogP contribution is 2.46. The summed E-state index contributed by atoms with van der Waals surface area (Å²) in [5, 5.41) is -0.182. The van der Waals surface area contributed by atoms with Crippen LogP contribution in [0.5, 0.6) is 0 Å². The first kappa shape index (κ1) is 17.8. The standard InChI is InChI=1S/C19H20ClFN2O2S/c1-12-3-6-18-14(9-12)15-11-22(2)8-7-19(15)23(18)26(24,25)13-4-5-17(21)16(20)10-13/h3-6,9-10,15,19H,7-8,11H2,1-2H3/p+1/t15-,19+/m1/s1. The molecule has 26 heavy (non-hydrogen) atoms. The van der Waals surface area contributed by atoms with E-state index in [4.69, 9.17) is 11.6 Å². The summed E-state index contributed by atoms with van der Waals surface area (Å²) in [6, 6.07) is 9.42. The fourth-order valence-electron chi connectivity index (χ4n) is 4.22. The highest BCUT2D eigenvalue weighted by atomic mass is 35.5. The lowest BCUT2D eigenvalue weighted by Gasteiger charge is -2.34. The molecule has 2 aromatic rings. The Balaban J connectivity index is 1.86. The maximum absolute atomic E-state index is 13.5. The molecule has 0 bridgehead atoms. The molecular weight excluding hydrogens is 375 g/mol. The summed E-state index contributed by atoms with van der Waals surface area (Å²) in [6.07, 6.45) is 0.790. The van der Waals surface area contributed by atoms with Gasteiger partial charge in [-0.15, -0.1) is 0 Å². The zero-order valence-electron chi connectivity index (χ0n) is 14.7. The fraction of sp³-hybridized carbons (Fsp3) is 0.368. The molecule has 1 fully saturated rings. The second-order valence-electron chi connectivity index (χ2n) is 7.31. The van der Waals surface area contributed by atoms with E-state index in [1.807, 2.05) is 19.1 Å². The molecule has 2 aliphatic rings. The quantitative estimate of drug-likeness (QED) is 0.848. The van der Waals surface area contributed by atoms with Crippen LogP contribution in [-0.4, -0.2) is 34.6 Å². The van der Waals surface area contributed by atoms with Gasteiger partial charge >= 0.3 is 0 Å². The van der Waals surface area contributed by atoms with Gasteiger partial charge in [-0.3, -0.25) is 4.31 Å². The van der Waals surface area contributed by atoms with Crippen LogP contribution in [0.1, 0.15) is 23.5 Å². The van der Waals surface area contributed by atoms with E-state index in [1.165, 1.54) is 17.0 Å². The summed E-state index contributed by atoms with van der Waals surface area (Å²) in [4.78, 5) is 1.44. The molecule has 0 amide bonds. The van der Waals surface area contributed by atoms with Crippen molar-refractivity contribution in [1.29, 1.82) is 0 Å². The summed E-state index contributed by atoms with van der Waals surface area (Å²) in [7, 11) is -1.68. The van der Waals surface area contributed by atoms with Crippen LogP contribution in [0, 0.1) is 12.7 Å². The summed E-state index contributed by atoms with van der Waals surface area (Å²) >= 11 is 5.84. The number of fused-ring (bicyclic) bond motifs is 3. The van der Waals surface area contributed by atoms with E-state index in [2.05, 4.69) is 13.1 Å². The van der Waals surface area contributed by atoms with Crippen molar-refractivity contribution in [2.24, 2.45) is 0 Å². The predicted molar refractivity (Wildman–Crippen MR) is 100 cm³/mol. The normalized spacial score (nSPS) is 25.1. The topological polar surface area (TPSA) is 41.8 Å². The number of quaternary nitrogens is 1. The molecule has 2 aromatic carbocycles. The summed E-state index contributed by atoms with van der Waals surface area (Å²) in [5.41, 5.74) is 2.95. The third-order valence-corrected chi connectivity index (χ3v) is 7.59. The van der Waals surface area contributed by atoms with E-state index in [-0.39, 0.29) is 21.9 Å². The lowest BCUT2D eigenvalue weighted by Crippen LogP contribution is -3.11. The third-order valence-electron chi connectivity index (χ3n) is 5.47. The van der Waals surface area contributed by atoms with Crippen LogP contribution in [0.2, 0.25) is 5.02 Å². The maximum atomic E-state index is 13.5. The number of nitrogens with zero attached hydrogens (tertiary/aromatic N) is 1. The van der Waals surface area contributed by atoms with Gasteiger partial charge in [0.25, 0.3) is 10.0 Å². The van der Waals surface area contributed by atoms with Crippen molar-refractivity contribution < 1.29 is 17.7 Å². The number of piperidine rings is 1. The van der Waals surface area contributed by atoms with Crippen LogP contribution in [0.15, 0.2) is 41.3 Å². The number of aryl methyl sites for hydroxylation is 1. The number of nitrogens with one attached hydrogen (secondary N) is 1. The monoisotopic (exact) mass is 395 g/mol. The first-order valence-electron chi connectivity index (χ1n) is 8.70. The van der Waals surface area contributed by atoms with Crippen LogP contribution < -0.4 is 9.21 Å². The van der Waals surface area contributed by atoms with Gasteiger partial charge in [0.2, 0.25) is 0 Å². The minimum atomic E-state index is -3.82. The van der Waals surface area contributed by atoms with Crippen molar-refractivity contribution in [3.8, 4) is 0 Å². The maximum Gasteiger partial charge on any atom is 0.264 e. The van der Waals surface area contributed by atoms with Gasteiger partial charge in [0.15, 0.2) is 0 Å². The minimum absolute atomic E-state index is 0.0300. The third kappa shape index (κ3) is 2.71. The Bertz CT molecular complexity index is 979. The van der Waals surface area contributed by atoms with Crippen molar-refractivity contribution in [3.05, 3.63) is 58.4 Å². The Morgan fingerprint density at radius 2 is 2.00 bits per heavy atom. The van der Waals surface area contributed by atoms with Crippen molar-refractivity contribution in [1.82, 2.24) is 0 Å². The molecule has 0 aliphatic carbocycles. The Morgan fingerprint density at radius 3 is 2.73 bits per heavy atom. The molecule has 0 aromatic heterocycles. The van der Waals surface area contributed by atoms with E-state index >= 15 is 0 Å². The Hall–Kier alpha value is -1.63. The number of halogens is 2. The van der Waals surface area contributed by atoms with Crippen molar-refractivity contribution >= 4 is 27.3 Å². The molecule has 4 rings (SSSR count). The van der Waals surface area contributed by atoms with Gasteiger partial charge in [-0.2, -0.15) is 0 Å². The SMILES string of the molecule is Cc1ccc2c(c1)[C@H]1C[NH+](C)CC[C@@H]1N2S(=O)(=O)c1ccc(F)c(Cl)c1. The van der Waals surface area contributed by atoms with Gasteiger partial charge in [-0.25, -0.2) is 12.8 Å². The number of likely N-dealkylation sites (tertiary alicyclic amines) is 1. The van der Waals surface area contributed by atoms with Crippen LogP contribution in [0.4, 0.5) is 10.1 Å². The van der Waals surface area contributed by atoms with Gasteiger partial charge in [0.05, 0.1) is 47.7 Å². The Morgan fingerprint density at radius 1 is 1.23 bits per heavy atom. The zero-order valence-corrected chi connectivity index (χ0v) is 16.2. The van der Waals surface area contributed by atoms with Crippen LogP contribution in [0.25, 0.3) is 0 Å². The molecule has 2 aliphatic heterocycles. The highest BCUT2D eigenvalue weighted by Gasteiger charge is 2.48. The number of sulfonamides is 1. The summed E-state index contributed by atoms with van der Waals surface area (Å²) < 4.78 is 41.9. The van der Waals surface area contributed by atoms with Crippen molar-refractivity contribution in [2.75, 3.05) is 24.4 Å². The van der Waals surface area contributed by atoms with E-state index in [9.17, 15) is 12.8 Å². The average molecular weight is 396 g/mol. The largest absolute Gasteiger partial charge is 0.337 e. The zero-order chi connectivity index (χ0) is 18.6. The van der Waals surface area contributed by atoms with Gasteiger partial charge in [0.1, 0.15) is 5.82 Å². The second-order valence-corrected chi connectivity index (χ2v) is 9.53. The summed E-state index contributed by atoms with van der Waals surface area (Å²) in [5.74, 6) is -0.451. The molecule has 2 heterocycles. The minimum Gasteiger partial charge on any atom is -0.337 e. The van der Waals surface area contributed by atoms with Crippen molar-refractivity contribution in [2.45, 2.75) is 30.2 Å². The van der Waals surface area contributed by atoms with E-state index < -0.39 is 15.8 Å². The van der Waals surface area contributed by atoms with Gasteiger partial charge in [-0.1, -0.05) is 29.3 Å². The lowest BCUT2D eigenvalue weighted by atomic mass is 9.89. The lowest BCUT2D eigenvalue weighted by molar-refractivity contribution is -0.886. The number of hydrogen-bond donors (Lipinski definition) is 1. The number of likely N-dealkylation sites (N-methyl/N-ethyl adjacent to an activating group) is 1. The molecule has 3 atom stereocenters. The van der Waals surface area contributed by atoms with E-state index in [0.717, 1.165) is 42.4 Å². The Labute approximate surface area is 158 Å². The number of benzene rings is 2. The molecule has 4 nitrogen and oxygen atoms in total. The summed E-state index contributed by atoms with van der Waals surface area (Å²) in [6.45, 7) is 3.84. The first-order chi connectivity index (χ1) is 12.3. The molecule has 1 N–H and O–H groups in total. The second kappa shape index (κ2) is 6.22. The van der Waals surface area contributed by atoms with Gasteiger partial charge in [0, 0.05) is 6.42 Å².